The lowest BCUT2D eigenvalue weighted by Crippen LogP contribution is -2.44. The third-order valence-corrected chi connectivity index (χ3v) is 3.65. The van der Waals surface area contributed by atoms with E-state index in [1.54, 1.807) is 0 Å². The van der Waals surface area contributed by atoms with Crippen molar-refractivity contribution in [2.24, 2.45) is 0 Å². The number of anilines is 1. The van der Waals surface area contributed by atoms with Crippen LogP contribution in [0.15, 0.2) is 12.7 Å². The summed E-state index contributed by atoms with van der Waals surface area (Å²) in [4.78, 5) is 11.9. The molecule has 21 heavy (non-hydrogen) atoms. The molecule has 5 N–H and O–H groups in total. The van der Waals surface area contributed by atoms with Crippen LogP contribution in [0.4, 0.5) is 5.82 Å². The van der Waals surface area contributed by atoms with Crippen molar-refractivity contribution in [3.05, 3.63) is 12.7 Å². The summed E-state index contributed by atoms with van der Waals surface area (Å²) in [5.41, 5.74) is 0.846. The molecule has 2 aromatic heterocycles. The lowest BCUT2D eigenvalue weighted by atomic mass is 9.96. The Balaban J connectivity index is 2.09. The first kappa shape index (κ1) is 14.1. The third-order valence-electron chi connectivity index (χ3n) is 3.65. The third kappa shape index (κ3) is 1.96. The molecule has 0 spiro atoms. The minimum absolute atomic E-state index is 0.107. The van der Waals surface area contributed by atoms with E-state index in [0.29, 0.717) is 5.65 Å². The average Bonchev–Trinajstić information content (AvgIpc) is 2.99. The van der Waals surface area contributed by atoms with E-state index in [0.717, 1.165) is 0 Å². The summed E-state index contributed by atoms with van der Waals surface area (Å²) < 4.78 is 6.91. The average molecular weight is 297 g/mol. The first-order valence-electron chi connectivity index (χ1n) is 6.25. The van der Waals surface area contributed by atoms with Crippen LogP contribution in [-0.2, 0) is 4.74 Å². The van der Waals surface area contributed by atoms with Gasteiger partial charge in [-0.3, -0.25) is 15.3 Å². The van der Waals surface area contributed by atoms with Crippen LogP contribution in [0.1, 0.15) is 13.2 Å². The number of aromatic nitrogens is 4. The molecule has 0 aliphatic carbocycles. The van der Waals surface area contributed by atoms with Gasteiger partial charge in [0.25, 0.3) is 0 Å². The van der Waals surface area contributed by atoms with E-state index in [1.807, 2.05) is 5.48 Å². The highest BCUT2D eigenvalue weighted by molar-refractivity contribution is 5.82. The largest absolute Gasteiger partial charge is 0.394 e. The molecular weight excluding hydrogens is 282 g/mol. The lowest BCUT2D eigenvalue weighted by Gasteiger charge is -2.27. The van der Waals surface area contributed by atoms with Crippen LogP contribution in [0.5, 0.6) is 0 Å². The molecule has 0 aromatic carbocycles. The summed E-state index contributed by atoms with van der Waals surface area (Å²) in [7, 11) is 0. The van der Waals surface area contributed by atoms with Crippen molar-refractivity contribution in [1.29, 1.82) is 0 Å². The van der Waals surface area contributed by atoms with Gasteiger partial charge in [-0.2, -0.15) is 0 Å². The predicted molar refractivity (Wildman–Crippen MR) is 68.4 cm³/mol. The number of rotatable bonds is 3. The van der Waals surface area contributed by atoms with E-state index in [9.17, 15) is 15.3 Å². The van der Waals surface area contributed by atoms with Crippen LogP contribution in [0, 0.1) is 0 Å². The quantitative estimate of drug-likeness (QED) is 0.433. The molecule has 114 valence electrons. The summed E-state index contributed by atoms with van der Waals surface area (Å²) in [5.74, 6) is 0.107. The molecule has 3 rings (SSSR count). The lowest BCUT2D eigenvalue weighted by molar-refractivity contribution is -0.0950. The normalized spacial score (nSPS) is 32.7. The molecule has 0 bridgehead atoms. The van der Waals surface area contributed by atoms with Crippen molar-refractivity contribution < 1.29 is 25.3 Å². The number of nitrogens with one attached hydrogen (secondary N) is 1. The zero-order chi connectivity index (χ0) is 15.2. The minimum Gasteiger partial charge on any atom is -0.394 e. The summed E-state index contributed by atoms with van der Waals surface area (Å²) in [5, 5.41) is 38.6. The highest BCUT2D eigenvalue weighted by Gasteiger charge is 2.53. The molecule has 1 saturated heterocycles. The van der Waals surface area contributed by atoms with Crippen LogP contribution in [0.2, 0.25) is 0 Å². The van der Waals surface area contributed by atoms with Crippen LogP contribution in [0.3, 0.4) is 0 Å². The number of aliphatic hydroxyl groups excluding tert-OH is 2. The minimum atomic E-state index is -1.64. The highest BCUT2D eigenvalue weighted by atomic mass is 16.6. The van der Waals surface area contributed by atoms with Gasteiger partial charge < -0.3 is 20.1 Å². The fraction of sp³-hybridized carbons (Fsp3) is 0.545. The van der Waals surface area contributed by atoms with E-state index < -0.39 is 30.6 Å². The molecule has 0 radical (unpaired) electrons. The standard InChI is InChI=1S/C11H15N5O5/c1-11(19)7(18)5(2-17)21-10(11)16-4-14-6-8(15-20)12-3-13-9(6)16/h3-5,7,10,17-20H,2H2,1H3,(H,12,13,15)/t5-,7-,10-,11+/m1/s1. The van der Waals surface area contributed by atoms with Crippen molar-refractivity contribution in [3.63, 3.8) is 0 Å². The molecule has 4 atom stereocenters. The van der Waals surface area contributed by atoms with Gasteiger partial charge in [-0.15, -0.1) is 0 Å². The number of hydrogen-bond donors (Lipinski definition) is 5. The van der Waals surface area contributed by atoms with Crippen LogP contribution in [-0.4, -0.2) is 64.5 Å². The second kappa shape index (κ2) is 4.86. The Kier molecular flexibility index (Phi) is 3.26. The molecule has 0 saturated carbocycles. The van der Waals surface area contributed by atoms with Gasteiger partial charge in [0, 0.05) is 0 Å². The van der Waals surface area contributed by atoms with Crippen molar-refractivity contribution in [2.45, 2.75) is 31.0 Å². The summed E-state index contributed by atoms with van der Waals surface area (Å²) >= 11 is 0. The maximum Gasteiger partial charge on any atom is 0.181 e. The zero-order valence-corrected chi connectivity index (χ0v) is 11.1. The fourth-order valence-electron chi connectivity index (χ4n) is 2.50. The van der Waals surface area contributed by atoms with E-state index in [-0.39, 0.29) is 11.3 Å². The number of fused-ring (bicyclic) bond motifs is 1. The van der Waals surface area contributed by atoms with Crippen molar-refractivity contribution in [3.8, 4) is 0 Å². The number of aliphatic hydroxyl groups is 3. The zero-order valence-electron chi connectivity index (χ0n) is 11.1. The molecule has 1 aliphatic rings. The smallest absolute Gasteiger partial charge is 0.181 e. The SMILES string of the molecule is C[C@]1(O)[C@H](O)[C@@H](CO)O[C@H]1n1cnc2c(NO)ncnc21. The summed E-state index contributed by atoms with van der Waals surface area (Å²) in [6.45, 7) is 0.967. The van der Waals surface area contributed by atoms with Crippen LogP contribution < -0.4 is 5.48 Å². The van der Waals surface area contributed by atoms with E-state index in [1.165, 1.54) is 24.1 Å². The van der Waals surface area contributed by atoms with Gasteiger partial charge in [0.05, 0.1) is 12.9 Å². The van der Waals surface area contributed by atoms with Gasteiger partial charge >= 0.3 is 0 Å². The van der Waals surface area contributed by atoms with Gasteiger partial charge in [0.15, 0.2) is 23.2 Å². The molecular formula is C11H15N5O5. The monoisotopic (exact) mass is 297 g/mol. The van der Waals surface area contributed by atoms with Gasteiger partial charge in [-0.25, -0.2) is 15.0 Å². The maximum absolute atomic E-state index is 10.4. The van der Waals surface area contributed by atoms with Crippen LogP contribution >= 0.6 is 0 Å². The Bertz CT molecular complexity index is 659. The topological polar surface area (TPSA) is 146 Å². The van der Waals surface area contributed by atoms with E-state index in [2.05, 4.69) is 15.0 Å². The summed E-state index contributed by atoms with van der Waals surface area (Å²) in [6.07, 6.45) is -0.605. The molecule has 10 nitrogen and oxygen atoms in total. The molecule has 1 fully saturated rings. The Labute approximate surface area is 118 Å². The van der Waals surface area contributed by atoms with Gasteiger partial charge in [0.1, 0.15) is 24.1 Å². The Morgan fingerprint density at radius 1 is 1.43 bits per heavy atom. The number of hydrogen-bond acceptors (Lipinski definition) is 9. The first-order valence-corrected chi connectivity index (χ1v) is 6.25. The predicted octanol–water partition coefficient (Wildman–Crippen LogP) is -1.37. The highest BCUT2D eigenvalue weighted by Crippen LogP contribution is 2.39. The Morgan fingerprint density at radius 3 is 2.81 bits per heavy atom. The van der Waals surface area contributed by atoms with E-state index in [4.69, 9.17) is 9.94 Å². The van der Waals surface area contributed by atoms with Gasteiger partial charge in [-0.1, -0.05) is 0 Å². The van der Waals surface area contributed by atoms with Gasteiger partial charge in [-0.05, 0) is 6.92 Å². The van der Waals surface area contributed by atoms with Crippen molar-refractivity contribution >= 4 is 17.0 Å². The second-order valence-corrected chi connectivity index (χ2v) is 5.04. The molecule has 2 aromatic rings. The maximum atomic E-state index is 10.4. The Hall–Kier alpha value is -1.85. The molecule has 0 unspecified atom stereocenters. The number of imidazole rings is 1. The molecule has 3 heterocycles. The number of ether oxygens (including phenoxy) is 1. The number of nitrogens with zero attached hydrogens (tertiary/aromatic N) is 4. The molecule has 0 amide bonds. The fourth-order valence-corrected chi connectivity index (χ4v) is 2.50. The van der Waals surface area contributed by atoms with Gasteiger partial charge in [0.2, 0.25) is 0 Å². The first-order chi connectivity index (χ1) is 10.0. The van der Waals surface area contributed by atoms with E-state index >= 15 is 0 Å². The molecule has 1 aliphatic heterocycles. The van der Waals surface area contributed by atoms with Crippen molar-refractivity contribution in [1.82, 2.24) is 19.5 Å². The second-order valence-electron chi connectivity index (χ2n) is 5.04. The molecule has 10 heteroatoms. The Morgan fingerprint density at radius 2 is 2.19 bits per heavy atom. The van der Waals surface area contributed by atoms with Crippen molar-refractivity contribution in [2.75, 3.05) is 12.1 Å². The summed E-state index contributed by atoms with van der Waals surface area (Å²) in [6, 6.07) is 0. The van der Waals surface area contributed by atoms with Crippen LogP contribution in [0.25, 0.3) is 11.2 Å².